The normalized spacial score (nSPS) is 18.7. The Morgan fingerprint density at radius 1 is 1.39 bits per heavy atom. The molecule has 2 rings (SSSR count). The molecule has 1 aromatic carbocycles. The largest absolute Gasteiger partial charge is 0.480 e. The first-order valence-electron chi connectivity index (χ1n) is 6.37. The number of aliphatic hydroxyl groups is 1. The Labute approximate surface area is 107 Å². The highest BCUT2D eigenvalue weighted by molar-refractivity contribution is 5.69. The van der Waals surface area contributed by atoms with Crippen LogP contribution < -0.4 is 0 Å². The molecule has 0 saturated heterocycles. The van der Waals surface area contributed by atoms with Crippen molar-refractivity contribution in [3.63, 3.8) is 0 Å². The topological polar surface area (TPSA) is 60.8 Å². The molecule has 1 unspecified atom stereocenters. The molecule has 1 aliphatic carbocycles. The maximum Gasteiger partial charge on any atom is 0.317 e. The Bertz CT molecular complexity index is 419. The number of rotatable bonds is 5. The Balaban J connectivity index is 2.23. The molecule has 0 saturated carbocycles. The van der Waals surface area contributed by atoms with Crippen molar-refractivity contribution < 1.29 is 15.0 Å². The smallest absolute Gasteiger partial charge is 0.317 e. The third kappa shape index (κ3) is 2.89. The fourth-order valence-electron chi connectivity index (χ4n) is 2.75. The van der Waals surface area contributed by atoms with Crippen molar-refractivity contribution in [1.29, 1.82) is 0 Å². The van der Waals surface area contributed by atoms with Gasteiger partial charge in [-0.25, -0.2) is 0 Å². The molecular weight excluding hydrogens is 230 g/mol. The average Bonchev–Trinajstić information content (AvgIpc) is 2.37. The maximum atomic E-state index is 10.9. The molecule has 0 bridgehead atoms. The van der Waals surface area contributed by atoms with Gasteiger partial charge >= 0.3 is 5.97 Å². The molecule has 1 aromatic rings. The van der Waals surface area contributed by atoms with Gasteiger partial charge in [0.1, 0.15) is 0 Å². The van der Waals surface area contributed by atoms with Crippen LogP contribution in [0.1, 0.15) is 30.0 Å². The second kappa shape index (κ2) is 5.98. The number of carbonyl (C=O) groups is 1. The van der Waals surface area contributed by atoms with Crippen molar-refractivity contribution in [2.75, 3.05) is 19.7 Å². The number of nitrogens with zero attached hydrogens (tertiary/aromatic N) is 1. The second-order valence-corrected chi connectivity index (χ2v) is 4.69. The summed E-state index contributed by atoms with van der Waals surface area (Å²) in [6.45, 7) is 0.386. The first-order valence-corrected chi connectivity index (χ1v) is 6.37. The van der Waals surface area contributed by atoms with Gasteiger partial charge < -0.3 is 10.2 Å². The lowest BCUT2D eigenvalue weighted by atomic mass is 9.87. The van der Waals surface area contributed by atoms with E-state index in [4.69, 9.17) is 10.2 Å². The molecule has 4 heteroatoms. The minimum Gasteiger partial charge on any atom is -0.480 e. The lowest BCUT2D eigenvalue weighted by Gasteiger charge is -2.34. The van der Waals surface area contributed by atoms with Crippen LogP contribution in [0, 0.1) is 0 Å². The lowest BCUT2D eigenvalue weighted by molar-refractivity contribution is -0.139. The zero-order chi connectivity index (χ0) is 13.0. The Hall–Kier alpha value is -1.39. The third-order valence-corrected chi connectivity index (χ3v) is 3.50. The van der Waals surface area contributed by atoms with Gasteiger partial charge in [-0.05, 0) is 30.4 Å². The lowest BCUT2D eigenvalue weighted by Crippen LogP contribution is -2.37. The summed E-state index contributed by atoms with van der Waals surface area (Å²) in [7, 11) is 0. The number of aryl methyl sites for hydroxylation is 1. The predicted molar refractivity (Wildman–Crippen MR) is 68.4 cm³/mol. The molecule has 4 nitrogen and oxygen atoms in total. The molecule has 0 radical (unpaired) electrons. The molecule has 0 aromatic heterocycles. The summed E-state index contributed by atoms with van der Waals surface area (Å²) in [5.74, 6) is -0.841. The predicted octanol–water partition coefficient (Wildman–Crippen LogP) is 1.44. The number of hydrogen-bond acceptors (Lipinski definition) is 3. The van der Waals surface area contributed by atoms with Crippen molar-refractivity contribution >= 4 is 5.97 Å². The quantitative estimate of drug-likeness (QED) is 0.829. The van der Waals surface area contributed by atoms with Gasteiger partial charge in [0.2, 0.25) is 0 Å². The molecule has 0 amide bonds. The number of carboxylic acids is 1. The molecule has 0 aliphatic heterocycles. The van der Waals surface area contributed by atoms with Crippen LogP contribution in [0.5, 0.6) is 0 Å². The van der Waals surface area contributed by atoms with Crippen LogP contribution in [0.4, 0.5) is 0 Å². The van der Waals surface area contributed by atoms with Crippen LogP contribution in [-0.4, -0.2) is 40.8 Å². The SMILES string of the molecule is O=C(O)CN(CCO)C1CCCc2ccccc21. The Morgan fingerprint density at radius 3 is 2.89 bits per heavy atom. The zero-order valence-corrected chi connectivity index (χ0v) is 10.4. The van der Waals surface area contributed by atoms with E-state index in [9.17, 15) is 4.79 Å². The van der Waals surface area contributed by atoms with E-state index in [1.165, 1.54) is 11.1 Å². The van der Waals surface area contributed by atoms with E-state index in [0.717, 1.165) is 19.3 Å². The van der Waals surface area contributed by atoms with Crippen LogP contribution in [0.15, 0.2) is 24.3 Å². The first-order chi connectivity index (χ1) is 8.72. The molecule has 1 atom stereocenters. The van der Waals surface area contributed by atoms with Crippen molar-refractivity contribution in [3.8, 4) is 0 Å². The number of carboxylic acid groups (broad SMARTS) is 1. The monoisotopic (exact) mass is 249 g/mol. The number of hydrogen-bond donors (Lipinski definition) is 2. The Morgan fingerprint density at radius 2 is 2.17 bits per heavy atom. The number of benzene rings is 1. The molecule has 1 aliphatic rings. The van der Waals surface area contributed by atoms with Gasteiger partial charge in [-0.3, -0.25) is 9.69 Å². The second-order valence-electron chi connectivity index (χ2n) is 4.69. The Kier molecular flexibility index (Phi) is 4.33. The van der Waals surface area contributed by atoms with Crippen LogP contribution in [0.2, 0.25) is 0 Å². The van der Waals surface area contributed by atoms with E-state index in [-0.39, 0.29) is 19.2 Å². The highest BCUT2D eigenvalue weighted by Gasteiger charge is 2.26. The molecule has 2 N–H and O–H groups in total. The highest BCUT2D eigenvalue weighted by Crippen LogP contribution is 2.33. The van der Waals surface area contributed by atoms with E-state index in [2.05, 4.69) is 12.1 Å². The zero-order valence-electron chi connectivity index (χ0n) is 10.4. The van der Waals surface area contributed by atoms with Crippen LogP contribution >= 0.6 is 0 Å². The third-order valence-electron chi connectivity index (χ3n) is 3.50. The van der Waals surface area contributed by atoms with Crippen molar-refractivity contribution in [3.05, 3.63) is 35.4 Å². The fraction of sp³-hybridized carbons (Fsp3) is 0.500. The van der Waals surface area contributed by atoms with Crippen molar-refractivity contribution in [2.24, 2.45) is 0 Å². The number of fused-ring (bicyclic) bond motifs is 1. The molecule has 0 heterocycles. The van der Waals surface area contributed by atoms with E-state index in [1.807, 2.05) is 17.0 Å². The summed E-state index contributed by atoms with van der Waals surface area (Å²) in [6.07, 6.45) is 3.10. The van der Waals surface area contributed by atoms with E-state index < -0.39 is 5.97 Å². The van der Waals surface area contributed by atoms with E-state index >= 15 is 0 Å². The summed E-state index contributed by atoms with van der Waals surface area (Å²) in [5.41, 5.74) is 2.53. The molecule has 18 heavy (non-hydrogen) atoms. The highest BCUT2D eigenvalue weighted by atomic mass is 16.4. The summed E-state index contributed by atoms with van der Waals surface area (Å²) >= 11 is 0. The molecule has 0 fully saturated rings. The van der Waals surface area contributed by atoms with Crippen molar-refractivity contribution in [1.82, 2.24) is 4.90 Å². The minimum atomic E-state index is -0.841. The van der Waals surface area contributed by atoms with Gasteiger partial charge in [0.15, 0.2) is 0 Å². The summed E-state index contributed by atoms with van der Waals surface area (Å²) in [5, 5.41) is 18.1. The van der Waals surface area contributed by atoms with Crippen LogP contribution in [0.3, 0.4) is 0 Å². The van der Waals surface area contributed by atoms with E-state index in [1.54, 1.807) is 0 Å². The summed E-state index contributed by atoms with van der Waals surface area (Å²) in [4.78, 5) is 12.8. The molecule has 98 valence electrons. The first kappa shape index (κ1) is 13.1. The summed E-state index contributed by atoms with van der Waals surface area (Å²) in [6, 6.07) is 8.33. The van der Waals surface area contributed by atoms with Gasteiger partial charge in [0.05, 0.1) is 13.2 Å². The molecular formula is C14H19NO3. The minimum absolute atomic E-state index is 0.00799. The van der Waals surface area contributed by atoms with Crippen molar-refractivity contribution in [2.45, 2.75) is 25.3 Å². The summed E-state index contributed by atoms with van der Waals surface area (Å²) < 4.78 is 0. The van der Waals surface area contributed by atoms with Gasteiger partial charge in [-0.15, -0.1) is 0 Å². The number of aliphatic carboxylic acids is 1. The van der Waals surface area contributed by atoms with E-state index in [0.29, 0.717) is 6.54 Å². The molecule has 0 spiro atoms. The average molecular weight is 249 g/mol. The van der Waals surface area contributed by atoms with Gasteiger partial charge in [-0.1, -0.05) is 24.3 Å². The van der Waals surface area contributed by atoms with Gasteiger partial charge in [-0.2, -0.15) is 0 Å². The van der Waals surface area contributed by atoms with Gasteiger partial charge in [0.25, 0.3) is 0 Å². The maximum absolute atomic E-state index is 10.9. The van der Waals surface area contributed by atoms with Gasteiger partial charge in [0, 0.05) is 12.6 Å². The fourth-order valence-corrected chi connectivity index (χ4v) is 2.75. The standard InChI is InChI=1S/C14H19NO3/c16-9-8-15(10-14(17)18)13-7-3-5-11-4-1-2-6-12(11)13/h1-2,4,6,13,16H,3,5,7-10H2,(H,17,18). The van der Waals surface area contributed by atoms with Crippen LogP contribution in [-0.2, 0) is 11.2 Å². The number of aliphatic hydroxyl groups excluding tert-OH is 1. The van der Waals surface area contributed by atoms with Crippen LogP contribution in [0.25, 0.3) is 0 Å².